The average Bonchev–Trinajstić information content (AvgIpc) is 3.44. The minimum Gasteiger partial charge on any atom is -0.344 e. The Morgan fingerprint density at radius 1 is 1.12 bits per heavy atom. The van der Waals surface area contributed by atoms with Gasteiger partial charge in [-0.15, -0.1) is 0 Å². The highest BCUT2D eigenvalue weighted by molar-refractivity contribution is 6.12. The summed E-state index contributed by atoms with van der Waals surface area (Å²) in [6.07, 6.45) is 5.47. The highest BCUT2D eigenvalue weighted by atomic mass is 16.2. The fourth-order valence-electron chi connectivity index (χ4n) is 2.86. The molecule has 130 valence electrons. The van der Waals surface area contributed by atoms with Crippen molar-refractivity contribution in [1.82, 2.24) is 9.88 Å². The van der Waals surface area contributed by atoms with Crippen LogP contribution < -0.4 is 5.32 Å². The summed E-state index contributed by atoms with van der Waals surface area (Å²) in [5, 5.41) is 2.89. The van der Waals surface area contributed by atoms with Crippen molar-refractivity contribution in [2.24, 2.45) is 5.41 Å². The van der Waals surface area contributed by atoms with Gasteiger partial charge in [-0.2, -0.15) is 0 Å². The van der Waals surface area contributed by atoms with Gasteiger partial charge in [0.05, 0.1) is 0 Å². The molecule has 2 aromatic rings. The van der Waals surface area contributed by atoms with Gasteiger partial charge in [0.25, 0.3) is 0 Å². The number of nitrogens with one attached hydrogen (secondary N) is 1. The van der Waals surface area contributed by atoms with E-state index in [0.29, 0.717) is 19.4 Å². The number of pyridine rings is 1. The first-order chi connectivity index (χ1) is 12.0. The van der Waals surface area contributed by atoms with Crippen molar-refractivity contribution in [3.63, 3.8) is 0 Å². The number of anilines is 1. The number of likely N-dealkylation sites (N-methyl/N-ethyl adjacent to an activating group) is 1. The molecule has 5 nitrogen and oxygen atoms in total. The van der Waals surface area contributed by atoms with Gasteiger partial charge < -0.3 is 10.2 Å². The van der Waals surface area contributed by atoms with Crippen molar-refractivity contribution < 1.29 is 9.59 Å². The van der Waals surface area contributed by atoms with E-state index in [9.17, 15) is 9.59 Å². The predicted molar refractivity (Wildman–Crippen MR) is 97.1 cm³/mol. The Bertz CT molecular complexity index is 752. The smallest absolute Gasteiger partial charge is 0.240 e. The molecule has 0 radical (unpaired) electrons. The first kappa shape index (κ1) is 17.1. The molecule has 1 aliphatic carbocycles. The van der Waals surface area contributed by atoms with Crippen LogP contribution in [-0.4, -0.2) is 35.3 Å². The summed E-state index contributed by atoms with van der Waals surface area (Å²) in [4.78, 5) is 31.1. The van der Waals surface area contributed by atoms with E-state index in [-0.39, 0.29) is 11.8 Å². The number of carbonyl (C=O) groups excluding carboxylic acids is 2. The van der Waals surface area contributed by atoms with Crippen molar-refractivity contribution in [3.8, 4) is 0 Å². The van der Waals surface area contributed by atoms with Crippen LogP contribution in [0.15, 0.2) is 48.8 Å². The lowest BCUT2D eigenvalue weighted by Crippen LogP contribution is -2.41. The molecule has 1 N–H and O–H groups in total. The molecular formula is C20H23N3O2. The number of benzene rings is 1. The van der Waals surface area contributed by atoms with E-state index in [1.807, 2.05) is 43.3 Å². The molecule has 1 aromatic carbocycles. The quantitative estimate of drug-likeness (QED) is 0.825. The lowest BCUT2D eigenvalue weighted by Gasteiger charge is -2.23. The van der Waals surface area contributed by atoms with Crippen molar-refractivity contribution in [3.05, 3.63) is 59.9 Å². The third-order valence-corrected chi connectivity index (χ3v) is 4.74. The summed E-state index contributed by atoms with van der Waals surface area (Å²) >= 11 is 0. The van der Waals surface area contributed by atoms with Gasteiger partial charge in [0.15, 0.2) is 0 Å². The summed E-state index contributed by atoms with van der Waals surface area (Å²) in [6, 6.07) is 11.5. The van der Waals surface area contributed by atoms with Crippen LogP contribution in [0.2, 0.25) is 0 Å². The van der Waals surface area contributed by atoms with Gasteiger partial charge in [-0.05, 0) is 56.0 Å². The molecule has 0 saturated heterocycles. The molecule has 25 heavy (non-hydrogen) atoms. The summed E-state index contributed by atoms with van der Waals surface area (Å²) in [5.74, 6) is -0.289. The van der Waals surface area contributed by atoms with E-state index < -0.39 is 5.41 Å². The molecule has 1 aromatic heterocycles. The van der Waals surface area contributed by atoms with E-state index in [0.717, 1.165) is 23.2 Å². The topological polar surface area (TPSA) is 62.3 Å². The molecule has 0 atom stereocenters. The number of rotatable bonds is 6. The monoisotopic (exact) mass is 337 g/mol. The first-order valence-corrected chi connectivity index (χ1v) is 8.54. The molecule has 1 heterocycles. The van der Waals surface area contributed by atoms with Gasteiger partial charge in [-0.1, -0.05) is 17.7 Å². The Hall–Kier alpha value is -2.69. The Balaban J connectivity index is 1.60. The zero-order valence-corrected chi connectivity index (χ0v) is 14.7. The van der Waals surface area contributed by atoms with Crippen molar-refractivity contribution in [2.45, 2.75) is 26.2 Å². The van der Waals surface area contributed by atoms with Crippen LogP contribution in [0.25, 0.3) is 0 Å². The molecule has 2 amide bonds. The third kappa shape index (κ3) is 3.87. The molecule has 0 spiro atoms. The Morgan fingerprint density at radius 2 is 1.76 bits per heavy atom. The van der Waals surface area contributed by atoms with Crippen LogP contribution in [0.1, 0.15) is 24.0 Å². The van der Waals surface area contributed by atoms with Gasteiger partial charge in [0.2, 0.25) is 11.8 Å². The minimum absolute atomic E-state index is 0.0915. The number of aromatic nitrogens is 1. The second-order valence-corrected chi connectivity index (χ2v) is 6.73. The Labute approximate surface area is 148 Å². The third-order valence-electron chi connectivity index (χ3n) is 4.74. The van der Waals surface area contributed by atoms with Crippen molar-refractivity contribution >= 4 is 17.5 Å². The minimum atomic E-state index is -0.891. The molecule has 3 rings (SSSR count). The molecule has 5 heteroatoms. The SMILES string of the molecule is Cc1ccc(NC(=O)C2(C(=O)N(C)CCc3ccncc3)CC2)cc1. The van der Waals surface area contributed by atoms with E-state index in [1.54, 1.807) is 24.3 Å². The normalized spacial score (nSPS) is 14.6. The van der Waals surface area contributed by atoms with Crippen LogP contribution >= 0.6 is 0 Å². The van der Waals surface area contributed by atoms with Gasteiger partial charge >= 0.3 is 0 Å². The second-order valence-electron chi connectivity index (χ2n) is 6.73. The maximum atomic E-state index is 12.8. The highest BCUT2D eigenvalue weighted by Gasteiger charge is 2.57. The zero-order chi connectivity index (χ0) is 17.9. The molecule has 0 unspecified atom stereocenters. The second kappa shape index (κ2) is 7.05. The van der Waals surface area contributed by atoms with Gasteiger partial charge in [-0.25, -0.2) is 0 Å². The van der Waals surface area contributed by atoms with Crippen molar-refractivity contribution in [2.75, 3.05) is 18.9 Å². The maximum Gasteiger partial charge on any atom is 0.240 e. The maximum absolute atomic E-state index is 12.8. The Kier molecular flexibility index (Phi) is 4.83. The van der Waals surface area contributed by atoms with E-state index >= 15 is 0 Å². The molecule has 1 saturated carbocycles. The number of nitrogens with zero attached hydrogens (tertiary/aromatic N) is 2. The average molecular weight is 337 g/mol. The first-order valence-electron chi connectivity index (χ1n) is 8.54. The van der Waals surface area contributed by atoms with E-state index in [2.05, 4.69) is 10.3 Å². The zero-order valence-electron chi connectivity index (χ0n) is 14.7. The number of hydrogen-bond donors (Lipinski definition) is 1. The molecular weight excluding hydrogens is 314 g/mol. The van der Waals surface area contributed by atoms with Gasteiger partial charge in [-0.3, -0.25) is 14.6 Å². The lowest BCUT2D eigenvalue weighted by molar-refractivity contribution is -0.141. The summed E-state index contributed by atoms with van der Waals surface area (Å²) in [5.41, 5.74) is 2.10. The predicted octanol–water partition coefficient (Wildman–Crippen LogP) is 2.81. The number of carbonyl (C=O) groups is 2. The van der Waals surface area contributed by atoms with E-state index in [1.165, 1.54) is 0 Å². The van der Waals surface area contributed by atoms with Crippen molar-refractivity contribution in [1.29, 1.82) is 0 Å². The molecule has 1 fully saturated rings. The van der Waals surface area contributed by atoms with Crippen LogP contribution in [0.3, 0.4) is 0 Å². The molecule has 0 bridgehead atoms. The van der Waals surface area contributed by atoms with Crippen LogP contribution in [0.5, 0.6) is 0 Å². The summed E-state index contributed by atoms with van der Waals surface area (Å²) in [6.45, 7) is 2.58. The highest BCUT2D eigenvalue weighted by Crippen LogP contribution is 2.48. The fraction of sp³-hybridized carbons (Fsp3) is 0.350. The van der Waals surface area contributed by atoms with Gasteiger partial charge in [0, 0.05) is 31.7 Å². The lowest BCUT2D eigenvalue weighted by atomic mass is 10.0. The Morgan fingerprint density at radius 3 is 2.36 bits per heavy atom. The molecule has 0 aliphatic heterocycles. The number of amides is 2. The van der Waals surface area contributed by atoms with Crippen LogP contribution in [-0.2, 0) is 16.0 Å². The number of hydrogen-bond acceptors (Lipinski definition) is 3. The standard InChI is InChI=1S/C20H23N3O2/c1-15-3-5-17(6-4-15)22-18(24)20(10-11-20)19(25)23(2)14-9-16-7-12-21-13-8-16/h3-8,12-13H,9-11,14H2,1-2H3,(H,22,24). The summed E-state index contributed by atoms with van der Waals surface area (Å²) < 4.78 is 0. The number of aryl methyl sites for hydroxylation is 1. The summed E-state index contributed by atoms with van der Waals surface area (Å²) in [7, 11) is 1.77. The largest absolute Gasteiger partial charge is 0.344 e. The van der Waals surface area contributed by atoms with Gasteiger partial charge in [0.1, 0.15) is 5.41 Å². The fourth-order valence-corrected chi connectivity index (χ4v) is 2.86. The van der Waals surface area contributed by atoms with Crippen LogP contribution in [0.4, 0.5) is 5.69 Å². The van der Waals surface area contributed by atoms with Crippen LogP contribution in [0, 0.1) is 12.3 Å². The van der Waals surface area contributed by atoms with E-state index in [4.69, 9.17) is 0 Å². The molecule has 1 aliphatic rings.